The molecule has 1 heterocycles. The monoisotopic (exact) mass is 290 g/mol. The number of fused-ring (bicyclic) bond motifs is 3. The highest BCUT2D eigenvalue weighted by Crippen LogP contribution is 2.48. The SMILES string of the molecule is c1ccc2sc(SNCC3CC4CCC3C4)nc2c1. The molecule has 0 amide bonds. The summed E-state index contributed by atoms with van der Waals surface area (Å²) in [5.41, 5.74) is 1.12. The van der Waals surface area contributed by atoms with Gasteiger partial charge in [-0.2, -0.15) is 0 Å². The van der Waals surface area contributed by atoms with Gasteiger partial charge in [0.2, 0.25) is 0 Å². The number of nitrogens with one attached hydrogen (secondary N) is 1. The quantitative estimate of drug-likeness (QED) is 0.848. The zero-order valence-corrected chi connectivity index (χ0v) is 12.5. The largest absolute Gasteiger partial charge is 0.258 e. The van der Waals surface area contributed by atoms with Crippen molar-refractivity contribution < 1.29 is 0 Å². The van der Waals surface area contributed by atoms with Crippen LogP contribution in [0.5, 0.6) is 0 Å². The van der Waals surface area contributed by atoms with Crippen LogP contribution in [-0.4, -0.2) is 11.5 Å². The van der Waals surface area contributed by atoms with Gasteiger partial charge in [-0.1, -0.05) is 18.6 Å². The normalized spacial score (nSPS) is 29.4. The fraction of sp³-hybridized carbons (Fsp3) is 0.533. The molecular weight excluding hydrogens is 272 g/mol. The van der Waals surface area contributed by atoms with E-state index in [1.54, 1.807) is 23.3 Å². The highest BCUT2D eigenvalue weighted by molar-refractivity contribution is 7.99. The molecule has 1 N–H and O–H groups in total. The molecule has 2 aliphatic carbocycles. The molecule has 0 saturated heterocycles. The Labute approximate surface area is 122 Å². The summed E-state index contributed by atoms with van der Waals surface area (Å²) >= 11 is 3.50. The average Bonchev–Trinajstić information content (AvgIpc) is 3.12. The lowest BCUT2D eigenvalue weighted by atomic mass is 9.89. The van der Waals surface area contributed by atoms with Crippen LogP contribution in [0.4, 0.5) is 0 Å². The van der Waals surface area contributed by atoms with E-state index in [0.717, 1.165) is 34.2 Å². The fourth-order valence-corrected chi connectivity index (χ4v) is 5.61. The maximum atomic E-state index is 4.64. The molecule has 2 aromatic rings. The van der Waals surface area contributed by atoms with Crippen LogP contribution in [0.3, 0.4) is 0 Å². The molecule has 100 valence electrons. The standard InChI is InChI=1S/C15H18N2S2/c1-2-4-14-13(3-1)17-15(18-14)19-16-9-12-8-10-5-6-11(12)7-10/h1-4,10-12,16H,5-9H2. The van der Waals surface area contributed by atoms with Crippen LogP contribution in [0.1, 0.15) is 25.7 Å². The molecule has 2 nitrogen and oxygen atoms in total. The Hall–Kier alpha value is -0.580. The predicted molar refractivity (Wildman–Crippen MR) is 82.4 cm³/mol. The zero-order chi connectivity index (χ0) is 12.7. The summed E-state index contributed by atoms with van der Waals surface area (Å²) in [6.07, 6.45) is 5.92. The summed E-state index contributed by atoms with van der Waals surface area (Å²) in [7, 11) is 0. The fourth-order valence-electron chi connectivity index (χ4n) is 3.73. The van der Waals surface area contributed by atoms with Gasteiger partial charge in [-0.3, -0.25) is 4.72 Å². The summed E-state index contributed by atoms with van der Waals surface area (Å²) in [6, 6.07) is 8.37. The van der Waals surface area contributed by atoms with Gasteiger partial charge >= 0.3 is 0 Å². The van der Waals surface area contributed by atoms with Crippen molar-refractivity contribution >= 4 is 33.5 Å². The Morgan fingerprint density at radius 1 is 1.26 bits per heavy atom. The maximum Gasteiger partial charge on any atom is 0.166 e. The van der Waals surface area contributed by atoms with Crippen molar-refractivity contribution in [3.8, 4) is 0 Å². The highest BCUT2D eigenvalue weighted by atomic mass is 32.2. The van der Waals surface area contributed by atoms with E-state index in [-0.39, 0.29) is 0 Å². The van der Waals surface area contributed by atoms with E-state index >= 15 is 0 Å². The number of para-hydroxylation sites is 1. The van der Waals surface area contributed by atoms with Gasteiger partial charge < -0.3 is 0 Å². The summed E-state index contributed by atoms with van der Waals surface area (Å²) in [5.74, 6) is 2.97. The highest BCUT2D eigenvalue weighted by Gasteiger charge is 2.38. The molecule has 1 aromatic carbocycles. The molecule has 19 heavy (non-hydrogen) atoms. The number of hydrogen-bond donors (Lipinski definition) is 1. The van der Waals surface area contributed by atoms with Gasteiger partial charge in [-0.05, 0) is 61.1 Å². The first-order chi connectivity index (χ1) is 9.38. The first-order valence-corrected chi connectivity index (χ1v) is 8.77. The minimum Gasteiger partial charge on any atom is -0.258 e. The van der Waals surface area contributed by atoms with Crippen LogP contribution in [0.25, 0.3) is 10.2 Å². The van der Waals surface area contributed by atoms with Gasteiger partial charge in [-0.15, -0.1) is 11.3 Å². The molecule has 2 bridgehead atoms. The Morgan fingerprint density at radius 3 is 3.00 bits per heavy atom. The molecule has 0 radical (unpaired) electrons. The zero-order valence-electron chi connectivity index (χ0n) is 10.8. The van der Waals surface area contributed by atoms with Crippen LogP contribution in [0.15, 0.2) is 28.6 Å². The van der Waals surface area contributed by atoms with Gasteiger partial charge in [0.05, 0.1) is 10.2 Å². The van der Waals surface area contributed by atoms with Crippen molar-refractivity contribution in [2.75, 3.05) is 6.54 Å². The molecule has 3 atom stereocenters. The van der Waals surface area contributed by atoms with Gasteiger partial charge in [0.15, 0.2) is 4.34 Å². The molecular formula is C15H18N2S2. The summed E-state index contributed by atoms with van der Waals surface area (Å²) in [4.78, 5) is 4.64. The van der Waals surface area contributed by atoms with Crippen molar-refractivity contribution in [2.45, 2.75) is 30.0 Å². The third kappa shape index (κ3) is 2.41. The Bertz CT molecular complexity index is 547. The van der Waals surface area contributed by atoms with Crippen molar-refractivity contribution in [3.05, 3.63) is 24.3 Å². The molecule has 2 aliphatic rings. The van der Waals surface area contributed by atoms with E-state index in [1.807, 2.05) is 0 Å². The van der Waals surface area contributed by atoms with Crippen LogP contribution in [0.2, 0.25) is 0 Å². The number of benzene rings is 1. The Morgan fingerprint density at radius 2 is 2.21 bits per heavy atom. The van der Waals surface area contributed by atoms with Crippen LogP contribution in [-0.2, 0) is 0 Å². The second-order valence-electron chi connectivity index (χ2n) is 5.83. The van der Waals surface area contributed by atoms with Gasteiger partial charge in [-0.25, -0.2) is 4.98 Å². The van der Waals surface area contributed by atoms with E-state index in [2.05, 4.69) is 34.0 Å². The second-order valence-corrected chi connectivity index (χ2v) is 8.00. The van der Waals surface area contributed by atoms with E-state index in [9.17, 15) is 0 Å². The molecule has 4 heteroatoms. The van der Waals surface area contributed by atoms with Gasteiger partial charge in [0.25, 0.3) is 0 Å². The van der Waals surface area contributed by atoms with Crippen LogP contribution < -0.4 is 4.72 Å². The van der Waals surface area contributed by atoms with Crippen LogP contribution >= 0.6 is 23.3 Å². The third-order valence-corrected chi connectivity index (χ3v) is 6.57. The summed E-state index contributed by atoms with van der Waals surface area (Å²) < 4.78 is 5.98. The number of hydrogen-bond acceptors (Lipinski definition) is 4. The molecule has 2 fully saturated rings. The smallest absolute Gasteiger partial charge is 0.166 e. The lowest BCUT2D eigenvalue weighted by Gasteiger charge is -2.21. The van der Waals surface area contributed by atoms with E-state index in [0.29, 0.717) is 0 Å². The lowest BCUT2D eigenvalue weighted by molar-refractivity contribution is 0.335. The molecule has 1 aromatic heterocycles. The molecule has 0 aliphatic heterocycles. The first kappa shape index (κ1) is 12.2. The van der Waals surface area contributed by atoms with E-state index in [4.69, 9.17) is 0 Å². The van der Waals surface area contributed by atoms with Crippen molar-refractivity contribution in [2.24, 2.45) is 17.8 Å². The average molecular weight is 290 g/mol. The van der Waals surface area contributed by atoms with Crippen molar-refractivity contribution in [3.63, 3.8) is 0 Å². The summed E-state index contributed by atoms with van der Waals surface area (Å²) in [5, 5.41) is 0. The van der Waals surface area contributed by atoms with E-state index in [1.165, 1.54) is 30.4 Å². The number of rotatable bonds is 4. The third-order valence-electron chi connectivity index (χ3n) is 4.66. The van der Waals surface area contributed by atoms with Gasteiger partial charge in [0, 0.05) is 6.54 Å². The Kier molecular flexibility index (Phi) is 3.25. The number of nitrogens with zero attached hydrogens (tertiary/aromatic N) is 1. The minimum absolute atomic E-state index is 0.917. The van der Waals surface area contributed by atoms with Crippen LogP contribution in [0, 0.1) is 17.8 Å². The number of aromatic nitrogens is 1. The summed E-state index contributed by atoms with van der Waals surface area (Å²) in [6.45, 7) is 1.15. The Balaban J connectivity index is 1.35. The molecule has 3 unspecified atom stereocenters. The van der Waals surface area contributed by atoms with E-state index < -0.39 is 0 Å². The van der Waals surface area contributed by atoms with Gasteiger partial charge in [0.1, 0.15) is 0 Å². The molecule has 0 spiro atoms. The number of thiazole rings is 1. The lowest BCUT2D eigenvalue weighted by Crippen LogP contribution is -2.22. The second kappa shape index (κ2) is 5.08. The van der Waals surface area contributed by atoms with Crippen molar-refractivity contribution in [1.29, 1.82) is 0 Å². The van der Waals surface area contributed by atoms with Crippen molar-refractivity contribution in [1.82, 2.24) is 9.71 Å². The molecule has 2 saturated carbocycles. The predicted octanol–water partition coefficient (Wildman–Crippen LogP) is 4.33. The first-order valence-electron chi connectivity index (χ1n) is 7.14. The minimum atomic E-state index is 0.917. The topological polar surface area (TPSA) is 24.9 Å². The molecule has 4 rings (SSSR count). The maximum absolute atomic E-state index is 4.64.